The van der Waals surface area contributed by atoms with Crippen LogP contribution in [0, 0.1) is 27.1 Å². The van der Waals surface area contributed by atoms with E-state index in [1.54, 1.807) is 121 Å². The molecule has 0 saturated carbocycles. The van der Waals surface area contributed by atoms with Crippen LogP contribution in [0.5, 0.6) is 11.6 Å². The summed E-state index contributed by atoms with van der Waals surface area (Å²) in [7, 11) is 0. The normalized spacial score (nSPS) is 18.7. The lowest BCUT2D eigenvalue weighted by Gasteiger charge is -2.45. The molecule has 5 atom stereocenters. The predicted molar refractivity (Wildman–Crippen MR) is 272 cm³/mol. The summed E-state index contributed by atoms with van der Waals surface area (Å²) >= 11 is 0. The maximum absolute atomic E-state index is 14.0. The van der Waals surface area contributed by atoms with Crippen molar-refractivity contribution in [2.24, 2.45) is 27.1 Å². The highest BCUT2D eigenvalue weighted by molar-refractivity contribution is 5.88. The number of fused-ring (bicyclic) bond motifs is 1. The van der Waals surface area contributed by atoms with Crippen LogP contribution in [0.1, 0.15) is 135 Å². The van der Waals surface area contributed by atoms with Gasteiger partial charge in [-0.3, -0.25) is 33.4 Å². The summed E-state index contributed by atoms with van der Waals surface area (Å²) in [4.78, 5) is 91.7. The Labute approximate surface area is 434 Å². The number of carboxylic acids is 1. The summed E-state index contributed by atoms with van der Waals surface area (Å²) in [6.07, 6.45) is -6.76. The van der Waals surface area contributed by atoms with Gasteiger partial charge in [-0.15, -0.1) is 5.10 Å². The molecule has 2 N–H and O–H groups in total. The average Bonchev–Trinajstić information content (AvgIpc) is 3.62. The van der Waals surface area contributed by atoms with Crippen LogP contribution in [0.25, 0.3) is 10.9 Å². The number of nitrogens with one attached hydrogen (secondary N) is 1. The summed E-state index contributed by atoms with van der Waals surface area (Å²) in [5.41, 5.74) is -4.13. The van der Waals surface area contributed by atoms with Crippen LogP contribution in [0.4, 0.5) is 0 Å². The van der Waals surface area contributed by atoms with E-state index in [2.05, 4.69) is 5.32 Å². The SMILES string of the molecule is CC(C)(C)C(=O)OCCn1nc(O[C@@H]2O[C@H](COC(=O)C(C)(C)C)[C@@H](OC(=O)C(C)(C)C)[C@H](OC(=O)C(C)(C)C)[C@H]2OC(=O)C(C)(C)C)c2c(CCc3ccc(OCCC(=O)NC(C)(C)C(=O)O)cc3)cccc21. The molecule has 1 saturated heterocycles. The number of esters is 5. The van der Waals surface area contributed by atoms with Gasteiger partial charge in [0.1, 0.15) is 30.6 Å². The Morgan fingerprint density at radius 1 is 0.622 bits per heavy atom. The smallest absolute Gasteiger partial charge is 0.328 e. The van der Waals surface area contributed by atoms with E-state index in [1.165, 1.54) is 13.8 Å². The van der Waals surface area contributed by atoms with Crippen LogP contribution in [0.15, 0.2) is 42.5 Å². The number of carbonyl (C=O) groups is 7. The molecule has 0 radical (unpaired) electrons. The van der Waals surface area contributed by atoms with Crippen molar-refractivity contribution in [3.63, 3.8) is 0 Å². The molecule has 0 aliphatic carbocycles. The van der Waals surface area contributed by atoms with E-state index in [0.717, 1.165) is 11.1 Å². The van der Waals surface area contributed by atoms with Crippen molar-refractivity contribution >= 4 is 52.6 Å². The summed E-state index contributed by atoms with van der Waals surface area (Å²) < 4.78 is 50.9. The number of aromatic nitrogens is 2. The first-order valence-corrected chi connectivity index (χ1v) is 24.9. The molecule has 19 nitrogen and oxygen atoms in total. The van der Waals surface area contributed by atoms with E-state index >= 15 is 0 Å². The fourth-order valence-corrected chi connectivity index (χ4v) is 6.82. The lowest BCUT2D eigenvalue weighted by molar-refractivity contribution is -0.294. The van der Waals surface area contributed by atoms with Gasteiger partial charge in [0.2, 0.25) is 24.2 Å². The fraction of sp³-hybridized carbons (Fsp3) is 0.636. The van der Waals surface area contributed by atoms with E-state index in [4.69, 9.17) is 43.0 Å². The number of aliphatic carboxylic acids is 1. The van der Waals surface area contributed by atoms with Crippen LogP contribution in [0.2, 0.25) is 0 Å². The Morgan fingerprint density at radius 2 is 1.14 bits per heavy atom. The number of benzene rings is 2. The molecule has 3 aromatic rings. The van der Waals surface area contributed by atoms with Crippen molar-refractivity contribution in [2.45, 2.75) is 180 Å². The third kappa shape index (κ3) is 16.6. The molecule has 2 heterocycles. The van der Waals surface area contributed by atoms with E-state index in [0.29, 0.717) is 29.5 Å². The molecular formula is C55H79N3O16. The minimum absolute atomic E-state index is 0.00977. The number of carboxylic acid groups (broad SMARTS) is 1. The molecule has 2 aromatic carbocycles. The molecule has 1 aliphatic heterocycles. The highest BCUT2D eigenvalue weighted by Gasteiger charge is 2.56. The number of hydrogen-bond donors (Lipinski definition) is 2. The lowest BCUT2D eigenvalue weighted by atomic mass is 9.93. The van der Waals surface area contributed by atoms with Gasteiger partial charge in [-0.1, -0.05) is 24.3 Å². The van der Waals surface area contributed by atoms with E-state index in [1.807, 2.05) is 30.3 Å². The minimum Gasteiger partial charge on any atom is -0.493 e. The van der Waals surface area contributed by atoms with Crippen LogP contribution in [-0.4, -0.2) is 113 Å². The molecule has 0 spiro atoms. The summed E-state index contributed by atoms with van der Waals surface area (Å²) in [5, 5.41) is 17.2. The Morgan fingerprint density at radius 3 is 1.66 bits per heavy atom. The number of rotatable bonds is 19. The molecule has 1 aromatic heterocycles. The maximum atomic E-state index is 14.0. The van der Waals surface area contributed by atoms with Gasteiger partial charge in [-0.25, -0.2) is 4.79 Å². The van der Waals surface area contributed by atoms with Gasteiger partial charge in [-0.05, 0) is 160 Å². The number of amides is 1. The average molecular weight is 1040 g/mol. The van der Waals surface area contributed by atoms with Gasteiger partial charge < -0.3 is 48.3 Å². The third-order valence-corrected chi connectivity index (χ3v) is 11.5. The standard InChI is InChI=1S/C55H79N3O16/c1-50(2,3)45(62)68-30-28-58-35-20-18-19-33(24-21-32-22-25-34(26-23-32)67-29-27-37(59)56-55(16,17)44(60)61)38(35)42(57-58)74-43-41(73-49(66)54(13,14)15)40(72-48(65)53(10,11)12)39(71-47(64)52(7,8)9)36(70-43)31-69-46(63)51(4,5)6/h18-20,22-23,25-26,36,39-41,43H,21,24,27-31H2,1-17H3,(H,56,59)(H,60,61)/t36-,39-,40+,41-,43+/m1/s1. The van der Waals surface area contributed by atoms with Crippen LogP contribution in [-0.2, 0) is 81.4 Å². The van der Waals surface area contributed by atoms with Gasteiger partial charge in [0.25, 0.3) is 0 Å². The molecular weight excluding hydrogens is 959 g/mol. The zero-order valence-corrected chi connectivity index (χ0v) is 46.3. The van der Waals surface area contributed by atoms with Crippen LogP contribution < -0.4 is 14.8 Å². The molecule has 0 bridgehead atoms. The second-order valence-electron chi connectivity index (χ2n) is 24.3. The van der Waals surface area contributed by atoms with E-state index in [-0.39, 0.29) is 32.1 Å². The Hall–Kier alpha value is -6.24. The largest absolute Gasteiger partial charge is 0.493 e. The van der Waals surface area contributed by atoms with Gasteiger partial charge in [0.15, 0.2) is 12.2 Å². The summed E-state index contributed by atoms with van der Waals surface area (Å²) in [6, 6.07) is 12.9. The zero-order valence-electron chi connectivity index (χ0n) is 46.3. The number of nitrogens with zero attached hydrogens (tertiary/aromatic N) is 2. The first kappa shape index (κ1) is 60.3. The van der Waals surface area contributed by atoms with Crippen molar-refractivity contribution in [3.05, 3.63) is 53.6 Å². The van der Waals surface area contributed by atoms with E-state index < -0.39 is 112 Å². The number of hydrogen-bond acceptors (Lipinski definition) is 16. The van der Waals surface area contributed by atoms with Gasteiger partial charge >= 0.3 is 35.8 Å². The molecule has 1 fully saturated rings. The third-order valence-electron chi connectivity index (χ3n) is 11.5. The van der Waals surface area contributed by atoms with E-state index in [9.17, 15) is 38.7 Å². The van der Waals surface area contributed by atoms with Crippen molar-refractivity contribution in [2.75, 3.05) is 19.8 Å². The predicted octanol–water partition coefficient (Wildman–Crippen LogP) is 7.73. The molecule has 19 heteroatoms. The maximum Gasteiger partial charge on any atom is 0.328 e. The van der Waals surface area contributed by atoms with Crippen molar-refractivity contribution < 1.29 is 76.6 Å². The van der Waals surface area contributed by atoms with Crippen molar-refractivity contribution in [1.29, 1.82) is 0 Å². The molecule has 4 rings (SSSR count). The van der Waals surface area contributed by atoms with Gasteiger partial charge in [-0.2, -0.15) is 0 Å². The molecule has 0 unspecified atom stereocenters. The zero-order chi connectivity index (χ0) is 55.9. The summed E-state index contributed by atoms with van der Waals surface area (Å²) in [6.45, 7) is 27.4. The first-order valence-electron chi connectivity index (χ1n) is 24.9. The van der Waals surface area contributed by atoms with Crippen molar-refractivity contribution in [3.8, 4) is 11.6 Å². The molecule has 1 amide bonds. The highest BCUT2D eigenvalue weighted by Crippen LogP contribution is 2.38. The van der Waals surface area contributed by atoms with Gasteiger partial charge in [0, 0.05) is 0 Å². The Bertz CT molecular complexity index is 2490. The Balaban J connectivity index is 1.82. The molecule has 410 valence electrons. The first-order chi connectivity index (χ1) is 33.9. The number of aryl methyl sites for hydroxylation is 2. The number of ether oxygens (including phenoxy) is 8. The minimum atomic E-state index is -1.64. The van der Waals surface area contributed by atoms with Crippen LogP contribution in [0.3, 0.4) is 0 Å². The second-order valence-corrected chi connectivity index (χ2v) is 24.3. The number of carbonyl (C=O) groups excluding carboxylic acids is 6. The lowest BCUT2D eigenvalue weighted by Crippen LogP contribution is -2.65. The molecule has 74 heavy (non-hydrogen) atoms. The monoisotopic (exact) mass is 1040 g/mol. The topological polar surface area (TPSA) is 243 Å². The quantitative estimate of drug-likeness (QED) is 0.0862. The van der Waals surface area contributed by atoms with Crippen molar-refractivity contribution in [1.82, 2.24) is 15.1 Å². The fourth-order valence-electron chi connectivity index (χ4n) is 6.82. The molecule has 1 aliphatic rings. The van der Waals surface area contributed by atoms with Crippen LogP contribution >= 0.6 is 0 Å². The summed E-state index contributed by atoms with van der Waals surface area (Å²) in [5.74, 6) is -4.28. The Kier molecular flexibility index (Phi) is 19.2. The van der Waals surface area contributed by atoms with Gasteiger partial charge in [0.05, 0.1) is 57.6 Å². The highest BCUT2D eigenvalue weighted by atomic mass is 16.7. The second kappa shape index (κ2) is 23.5.